The normalized spacial score (nSPS) is 30.5. The number of fused-ring (bicyclic) bond motifs is 1. The van der Waals surface area contributed by atoms with Gasteiger partial charge >= 0.3 is 5.97 Å². The van der Waals surface area contributed by atoms with Gasteiger partial charge in [0.25, 0.3) is 0 Å². The molecule has 1 aliphatic carbocycles. The summed E-state index contributed by atoms with van der Waals surface area (Å²) in [5.74, 6) is -0.910. The molecule has 2 heterocycles. The van der Waals surface area contributed by atoms with Gasteiger partial charge in [-0.1, -0.05) is 0 Å². The van der Waals surface area contributed by atoms with E-state index in [0.717, 1.165) is 38.8 Å². The minimum Gasteiger partial charge on any atom is -0.480 e. The quantitative estimate of drug-likeness (QED) is 0.844. The average molecular weight is 337 g/mol. The Morgan fingerprint density at radius 2 is 2.29 bits per heavy atom. The maximum atomic E-state index is 10.8. The van der Waals surface area contributed by atoms with Gasteiger partial charge in [-0.15, -0.1) is 0 Å². The highest BCUT2D eigenvalue weighted by Gasteiger charge is 2.51. The van der Waals surface area contributed by atoms with Crippen LogP contribution in [0.3, 0.4) is 0 Å². The van der Waals surface area contributed by atoms with Crippen LogP contribution in [0.5, 0.6) is 0 Å². The zero-order valence-corrected chi connectivity index (χ0v) is 14.7. The summed E-state index contributed by atoms with van der Waals surface area (Å²) in [6.07, 6.45) is 5.49. The molecule has 1 saturated carbocycles. The summed E-state index contributed by atoms with van der Waals surface area (Å²) in [6, 6.07) is 0.254. The van der Waals surface area contributed by atoms with Crippen LogP contribution in [0.4, 0.5) is 0 Å². The molecule has 0 radical (unpaired) electrons. The molecule has 1 N–H and O–H groups in total. The van der Waals surface area contributed by atoms with E-state index in [1.54, 1.807) is 7.11 Å². The van der Waals surface area contributed by atoms with Crippen LogP contribution in [-0.2, 0) is 27.9 Å². The third-order valence-corrected chi connectivity index (χ3v) is 5.72. The van der Waals surface area contributed by atoms with E-state index in [2.05, 4.69) is 16.9 Å². The number of hydrogen-bond donors (Lipinski definition) is 1. The molecule has 0 amide bonds. The number of likely N-dealkylation sites (tertiary alicyclic amines) is 1. The van der Waals surface area contributed by atoms with Crippen molar-refractivity contribution >= 4 is 5.97 Å². The fourth-order valence-electron chi connectivity index (χ4n) is 4.28. The van der Waals surface area contributed by atoms with Crippen molar-refractivity contribution in [2.24, 2.45) is 7.05 Å². The summed E-state index contributed by atoms with van der Waals surface area (Å²) in [5, 5.41) is 13.2. The Morgan fingerprint density at radius 1 is 1.50 bits per heavy atom. The van der Waals surface area contributed by atoms with Crippen molar-refractivity contribution < 1.29 is 19.4 Å². The first-order chi connectivity index (χ1) is 11.4. The van der Waals surface area contributed by atoms with Crippen LogP contribution in [0.2, 0.25) is 0 Å². The predicted molar refractivity (Wildman–Crippen MR) is 87.7 cm³/mol. The number of rotatable bonds is 6. The van der Waals surface area contributed by atoms with Crippen LogP contribution in [0.25, 0.3) is 0 Å². The van der Waals surface area contributed by atoms with Crippen LogP contribution in [0.1, 0.15) is 36.9 Å². The third kappa shape index (κ3) is 3.20. The van der Waals surface area contributed by atoms with Gasteiger partial charge in [0.05, 0.1) is 23.6 Å². The Morgan fingerprint density at radius 3 is 2.92 bits per heavy atom. The average Bonchev–Trinajstić information content (AvgIpc) is 3.08. The molecule has 0 aromatic carbocycles. The Kier molecular flexibility index (Phi) is 4.94. The van der Waals surface area contributed by atoms with E-state index in [-0.39, 0.29) is 24.4 Å². The number of aromatic nitrogens is 2. The number of aryl methyl sites for hydroxylation is 2. The number of nitrogens with zero attached hydrogens (tertiary/aromatic N) is 3. The molecular formula is C17H27N3O4. The van der Waals surface area contributed by atoms with Gasteiger partial charge in [0.1, 0.15) is 6.61 Å². The van der Waals surface area contributed by atoms with Crippen molar-refractivity contribution in [3.05, 3.63) is 17.5 Å². The fraction of sp³-hybridized carbons (Fsp3) is 0.765. The summed E-state index contributed by atoms with van der Waals surface area (Å²) in [6.45, 7) is 3.68. The molecule has 1 aliphatic heterocycles. The minimum atomic E-state index is -0.910. The van der Waals surface area contributed by atoms with E-state index in [1.807, 2.05) is 17.9 Å². The first kappa shape index (κ1) is 17.4. The molecule has 7 heteroatoms. The van der Waals surface area contributed by atoms with Gasteiger partial charge in [-0.3, -0.25) is 9.58 Å². The van der Waals surface area contributed by atoms with Crippen molar-refractivity contribution in [3.8, 4) is 0 Å². The van der Waals surface area contributed by atoms with Crippen molar-refractivity contribution in [2.45, 2.75) is 56.9 Å². The van der Waals surface area contributed by atoms with Crippen LogP contribution in [0, 0.1) is 6.92 Å². The van der Waals surface area contributed by atoms with E-state index in [9.17, 15) is 4.79 Å². The van der Waals surface area contributed by atoms with Crippen LogP contribution in [-0.4, -0.2) is 63.8 Å². The molecule has 3 atom stereocenters. The van der Waals surface area contributed by atoms with E-state index in [0.29, 0.717) is 0 Å². The largest absolute Gasteiger partial charge is 0.480 e. The summed E-state index contributed by atoms with van der Waals surface area (Å²) < 4.78 is 13.5. The minimum absolute atomic E-state index is 0.0115. The van der Waals surface area contributed by atoms with Crippen LogP contribution >= 0.6 is 0 Å². The number of ether oxygens (including phenoxy) is 2. The van der Waals surface area contributed by atoms with E-state index >= 15 is 0 Å². The number of carbonyl (C=O) groups is 1. The first-order valence-electron chi connectivity index (χ1n) is 8.55. The summed E-state index contributed by atoms with van der Waals surface area (Å²) in [7, 11) is 3.77. The molecule has 1 aromatic rings. The van der Waals surface area contributed by atoms with E-state index in [4.69, 9.17) is 14.6 Å². The fourth-order valence-corrected chi connectivity index (χ4v) is 4.28. The maximum Gasteiger partial charge on any atom is 0.329 e. The number of aliphatic carboxylic acids is 1. The van der Waals surface area contributed by atoms with Crippen molar-refractivity contribution in [1.82, 2.24) is 14.7 Å². The van der Waals surface area contributed by atoms with Crippen molar-refractivity contribution in [1.29, 1.82) is 0 Å². The van der Waals surface area contributed by atoms with Gasteiger partial charge in [-0.05, 0) is 38.2 Å². The first-order valence-corrected chi connectivity index (χ1v) is 8.55. The second-order valence-electron chi connectivity index (χ2n) is 7.00. The summed E-state index contributed by atoms with van der Waals surface area (Å²) in [4.78, 5) is 13.2. The zero-order valence-electron chi connectivity index (χ0n) is 14.7. The van der Waals surface area contributed by atoms with Crippen molar-refractivity contribution in [2.75, 3.05) is 20.3 Å². The molecule has 134 valence electrons. The maximum absolute atomic E-state index is 10.8. The van der Waals surface area contributed by atoms with Gasteiger partial charge < -0.3 is 14.6 Å². The Hall–Kier alpha value is -1.44. The number of carboxylic acids is 1. The lowest BCUT2D eigenvalue weighted by molar-refractivity contribution is -0.148. The topological polar surface area (TPSA) is 76.8 Å². The molecule has 2 fully saturated rings. The van der Waals surface area contributed by atoms with Crippen molar-refractivity contribution in [3.63, 3.8) is 0 Å². The lowest BCUT2D eigenvalue weighted by Crippen LogP contribution is -2.51. The molecule has 1 saturated heterocycles. The van der Waals surface area contributed by atoms with Gasteiger partial charge in [0.2, 0.25) is 0 Å². The SMILES string of the molecule is CO[C@@]12CC[C@@H](OCC(=O)O)C[C@@H]1N(Cc1c(C)cnn1C)CC2. The Bertz CT molecular complexity index is 583. The molecule has 1 aromatic heterocycles. The highest BCUT2D eigenvalue weighted by Crippen LogP contribution is 2.43. The van der Waals surface area contributed by atoms with Gasteiger partial charge in [0.15, 0.2) is 0 Å². The second kappa shape index (κ2) is 6.82. The van der Waals surface area contributed by atoms with E-state index in [1.165, 1.54) is 11.3 Å². The summed E-state index contributed by atoms with van der Waals surface area (Å²) >= 11 is 0. The summed E-state index contributed by atoms with van der Waals surface area (Å²) in [5.41, 5.74) is 2.28. The molecule has 0 unspecified atom stereocenters. The zero-order chi connectivity index (χ0) is 17.3. The molecule has 24 heavy (non-hydrogen) atoms. The lowest BCUT2D eigenvalue weighted by atomic mass is 9.79. The van der Waals surface area contributed by atoms with Crippen LogP contribution < -0.4 is 0 Å². The van der Waals surface area contributed by atoms with Gasteiger partial charge in [0, 0.05) is 33.3 Å². The number of carboxylic acid groups (broad SMARTS) is 1. The monoisotopic (exact) mass is 337 g/mol. The van der Waals surface area contributed by atoms with Gasteiger partial charge in [-0.2, -0.15) is 5.10 Å². The van der Waals surface area contributed by atoms with Gasteiger partial charge in [-0.25, -0.2) is 4.79 Å². The predicted octanol–water partition coefficient (Wildman–Crippen LogP) is 1.34. The highest BCUT2D eigenvalue weighted by atomic mass is 16.5. The second-order valence-corrected chi connectivity index (χ2v) is 7.00. The lowest BCUT2D eigenvalue weighted by Gasteiger charge is -2.43. The number of hydrogen-bond acceptors (Lipinski definition) is 5. The standard InChI is InChI=1S/C17H27N3O4/c1-12-9-18-19(2)14(12)10-20-7-6-17(23-3)5-4-13(8-15(17)20)24-11-16(21)22/h9,13,15H,4-8,10-11H2,1-3H3,(H,21,22)/t13-,15+,17-/m1/s1. The molecule has 0 spiro atoms. The Balaban J connectivity index is 1.73. The van der Waals surface area contributed by atoms with E-state index < -0.39 is 5.97 Å². The van der Waals surface area contributed by atoms with Crippen LogP contribution in [0.15, 0.2) is 6.20 Å². The smallest absolute Gasteiger partial charge is 0.329 e. The molecular weight excluding hydrogens is 310 g/mol. The molecule has 7 nitrogen and oxygen atoms in total. The third-order valence-electron chi connectivity index (χ3n) is 5.72. The Labute approximate surface area is 142 Å². The molecule has 0 bridgehead atoms. The molecule has 2 aliphatic rings. The highest BCUT2D eigenvalue weighted by molar-refractivity contribution is 5.68. The number of methoxy groups -OCH3 is 1. The molecule has 3 rings (SSSR count).